The maximum atomic E-state index is 3.63. The van der Waals surface area contributed by atoms with Crippen molar-refractivity contribution in [2.45, 2.75) is 13.8 Å². The molecule has 0 fully saturated rings. The lowest BCUT2D eigenvalue weighted by molar-refractivity contribution is 0.941. The first-order valence-corrected chi connectivity index (χ1v) is 2.56. The topological polar surface area (TPSA) is 0 Å². The van der Waals surface area contributed by atoms with E-state index in [-0.39, 0.29) is 0 Å². The highest BCUT2D eigenvalue weighted by molar-refractivity contribution is 4.92. The zero-order chi connectivity index (χ0) is 5.70. The minimum Gasteiger partial charge on any atom is -0.102 e. The number of hydrogen-bond acceptors (Lipinski definition) is 0. The Morgan fingerprint density at radius 2 is 2.14 bits per heavy atom. The van der Waals surface area contributed by atoms with Crippen LogP contribution in [0.4, 0.5) is 0 Å². The highest BCUT2D eigenvalue weighted by Gasteiger charge is 1.81. The molecule has 0 saturated carbocycles. The molecule has 0 aromatic carbocycles. The summed E-state index contributed by atoms with van der Waals surface area (Å²) in [4.78, 5) is 0. The third-order valence-electron chi connectivity index (χ3n) is 0.868. The Kier molecular flexibility index (Phi) is 3.39. The fourth-order valence-electron chi connectivity index (χ4n) is 0.382. The Balaban J connectivity index is 3.35. The molecule has 7 heavy (non-hydrogen) atoms. The first kappa shape index (κ1) is 6.48. The van der Waals surface area contributed by atoms with Crippen molar-refractivity contribution in [2.75, 3.05) is 0 Å². The predicted octanol–water partition coefficient (Wildman–Crippen LogP) is 2.38. The van der Waals surface area contributed by atoms with Gasteiger partial charge in [-0.2, -0.15) is 0 Å². The second kappa shape index (κ2) is 3.66. The molecule has 0 aliphatic rings. The molecule has 0 aliphatic carbocycles. The van der Waals surface area contributed by atoms with Gasteiger partial charge in [-0.05, 0) is 12.8 Å². The molecule has 1 unspecified atom stereocenters. The van der Waals surface area contributed by atoms with E-state index in [1.807, 2.05) is 19.1 Å². The second-order valence-electron chi connectivity index (χ2n) is 1.62. The van der Waals surface area contributed by atoms with E-state index < -0.39 is 0 Å². The fourth-order valence-corrected chi connectivity index (χ4v) is 0.382. The molecule has 0 aromatic rings. The van der Waals surface area contributed by atoms with Crippen molar-refractivity contribution >= 4 is 0 Å². The summed E-state index contributed by atoms with van der Waals surface area (Å²) in [5.41, 5.74) is 0. The summed E-state index contributed by atoms with van der Waals surface area (Å²) in [5, 5.41) is 0. The third-order valence-corrected chi connectivity index (χ3v) is 0.868. The van der Waals surface area contributed by atoms with E-state index in [2.05, 4.69) is 19.6 Å². The average molecular weight is 96.2 g/mol. The lowest BCUT2D eigenvalue weighted by atomic mass is 10.2. The van der Waals surface area contributed by atoms with Crippen LogP contribution in [0.3, 0.4) is 0 Å². The summed E-state index contributed by atoms with van der Waals surface area (Å²) in [6.07, 6.45) is 6.05. The van der Waals surface area contributed by atoms with Gasteiger partial charge >= 0.3 is 0 Å². The van der Waals surface area contributed by atoms with Crippen LogP contribution in [0.25, 0.3) is 0 Å². The molecule has 0 heteroatoms. The summed E-state index contributed by atoms with van der Waals surface area (Å²) in [6.45, 7) is 7.75. The van der Waals surface area contributed by atoms with Crippen LogP contribution in [-0.2, 0) is 0 Å². The molecule has 0 bridgehead atoms. The highest BCUT2D eigenvalue weighted by Crippen LogP contribution is 1.95. The number of hydrogen-bond donors (Lipinski definition) is 0. The van der Waals surface area contributed by atoms with Crippen LogP contribution in [0.5, 0.6) is 0 Å². The van der Waals surface area contributed by atoms with Crippen LogP contribution < -0.4 is 0 Å². The van der Waals surface area contributed by atoms with Gasteiger partial charge in [-0.25, -0.2) is 0 Å². The molecule has 40 valence electrons. The number of allylic oxidation sites excluding steroid dienone is 3. The van der Waals surface area contributed by atoms with Crippen molar-refractivity contribution < 1.29 is 0 Å². The first-order valence-electron chi connectivity index (χ1n) is 2.56. The van der Waals surface area contributed by atoms with Crippen LogP contribution in [-0.4, -0.2) is 0 Å². The predicted molar refractivity (Wildman–Crippen MR) is 34.2 cm³/mol. The quantitative estimate of drug-likeness (QED) is 0.463. The minimum atomic E-state index is 0.532. The van der Waals surface area contributed by atoms with Crippen LogP contribution in [0.15, 0.2) is 24.8 Å². The number of rotatable bonds is 2. The standard InChI is InChI=1S/C7H12/c1-4-6-7(3)5-2/h4-7H,2H2,1,3H3/b6-4+. The van der Waals surface area contributed by atoms with Crippen LogP contribution in [0, 0.1) is 5.92 Å². The van der Waals surface area contributed by atoms with Gasteiger partial charge in [0.1, 0.15) is 0 Å². The van der Waals surface area contributed by atoms with Crippen molar-refractivity contribution in [3.05, 3.63) is 24.8 Å². The molecule has 0 aromatic heterocycles. The molecular weight excluding hydrogens is 84.1 g/mol. The zero-order valence-electron chi connectivity index (χ0n) is 5.02. The molecule has 0 aliphatic heterocycles. The minimum absolute atomic E-state index is 0.532. The Morgan fingerprint density at radius 1 is 1.57 bits per heavy atom. The molecule has 0 spiro atoms. The lowest BCUT2D eigenvalue weighted by Crippen LogP contribution is -1.76. The molecular formula is C7H12. The monoisotopic (exact) mass is 96.1 g/mol. The first-order chi connectivity index (χ1) is 3.31. The van der Waals surface area contributed by atoms with Crippen molar-refractivity contribution in [1.82, 2.24) is 0 Å². The summed E-state index contributed by atoms with van der Waals surface area (Å²) < 4.78 is 0. The summed E-state index contributed by atoms with van der Waals surface area (Å²) in [6, 6.07) is 0. The van der Waals surface area contributed by atoms with Crippen LogP contribution >= 0.6 is 0 Å². The molecule has 0 rings (SSSR count). The van der Waals surface area contributed by atoms with Crippen molar-refractivity contribution in [3.8, 4) is 0 Å². The van der Waals surface area contributed by atoms with Gasteiger partial charge < -0.3 is 0 Å². The van der Waals surface area contributed by atoms with Gasteiger partial charge in [-0.1, -0.05) is 25.2 Å². The molecule has 0 amide bonds. The van der Waals surface area contributed by atoms with Crippen molar-refractivity contribution in [3.63, 3.8) is 0 Å². The van der Waals surface area contributed by atoms with Gasteiger partial charge in [0.15, 0.2) is 0 Å². The summed E-state index contributed by atoms with van der Waals surface area (Å²) in [5.74, 6) is 0.532. The van der Waals surface area contributed by atoms with E-state index >= 15 is 0 Å². The van der Waals surface area contributed by atoms with Crippen LogP contribution in [0.1, 0.15) is 13.8 Å². The molecule has 0 N–H and O–H groups in total. The highest BCUT2D eigenvalue weighted by atomic mass is 13.9. The van der Waals surface area contributed by atoms with E-state index in [0.29, 0.717) is 5.92 Å². The maximum absolute atomic E-state index is 3.63. The smallest absolute Gasteiger partial charge is 0.00847 e. The lowest BCUT2D eigenvalue weighted by Gasteiger charge is -1.90. The van der Waals surface area contributed by atoms with E-state index in [1.54, 1.807) is 0 Å². The normalized spacial score (nSPS) is 14.6. The maximum Gasteiger partial charge on any atom is -0.00847 e. The van der Waals surface area contributed by atoms with E-state index in [0.717, 1.165) is 0 Å². The fraction of sp³-hybridized carbons (Fsp3) is 0.429. The summed E-state index contributed by atoms with van der Waals surface area (Å²) in [7, 11) is 0. The SMILES string of the molecule is C=CC(C)/C=C/C. The zero-order valence-corrected chi connectivity index (χ0v) is 5.02. The largest absolute Gasteiger partial charge is 0.102 e. The van der Waals surface area contributed by atoms with E-state index in [4.69, 9.17) is 0 Å². The Morgan fingerprint density at radius 3 is 2.29 bits per heavy atom. The third kappa shape index (κ3) is 3.31. The van der Waals surface area contributed by atoms with Gasteiger partial charge in [0.2, 0.25) is 0 Å². The molecule has 1 atom stereocenters. The van der Waals surface area contributed by atoms with Gasteiger partial charge in [-0.15, -0.1) is 6.58 Å². The molecule has 0 radical (unpaired) electrons. The van der Waals surface area contributed by atoms with E-state index in [9.17, 15) is 0 Å². The van der Waals surface area contributed by atoms with E-state index in [1.165, 1.54) is 0 Å². The average Bonchev–Trinajstić information content (AvgIpc) is 1.68. The van der Waals surface area contributed by atoms with Gasteiger partial charge in [-0.3, -0.25) is 0 Å². The Bertz CT molecular complexity index is 70.1. The second-order valence-corrected chi connectivity index (χ2v) is 1.62. The molecule has 0 heterocycles. The van der Waals surface area contributed by atoms with Crippen LogP contribution in [0.2, 0.25) is 0 Å². The molecule has 0 saturated heterocycles. The Hall–Kier alpha value is -0.520. The molecule has 0 nitrogen and oxygen atoms in total. The Labute approximate surface area is 45.5 Å². The van der Waals surface area contributed by atoms with Crippen molar-refractivity contribution in [2.24, 2.45) is 5.92 Å². The summed E-state index contributed by atoms with van der Waals surface area (Å²) >= 11 is 0. The van der Waals surface area contributed by atoms with Gasteiger partial charge in [0, 0.05) is 0 Å². The van der Waals surface area contributed by atoms with Gasteiger partial charge in [0.05, 0.1) is 0 Å². The van der Waals surface area contributed by atoms with Gasteiger partial charge in [0.25, 0.3) is 0 Å². The van der Waals surface area contributed by atoms with Crippen molar-refractivity contribution in [1.29, 1.82) is 0 Å².